The van der Waals surface area contributed by atoms with Crippen LogP contribution in [-0.4, -0.2) is 49.2 Å². The minimum atomic E-state index is 0.892. The Labute approximate surface area is 108 Å². The van der Waals surface area contributed by atoms with E-state index in [4.69, 9.17) is 4.98 Å². The normalized spacial score (nSPS) is 21.1. The molecule has 5 nitrogen and oxygen atoms in total. The molecule has 0 amide bonds. The number of nitrogens with zero attached hydrogens (tertiary/aromatic N) is 4. The smallest absolute Gasteiger partial charge is 0.227 e. The van der Waals surface area contributed by atoms with Gasteiger partial charge in [-0.25, -0.2) is 4.98 Å². The molecule has 2 saturated heterocycles. The minimum absolute atomic E-state index is 0.892. The molecule has 0 atom stereocenters. The summed E-state index contributed by atoms with van der Waals surface area (Å²) in [6.07, 6.45) is 5.63. The van der Waals surface area contributed by atoms with Crippen LogP contribution >= 0.6 is 0 Å². The van der Waals surface area contributed by atoms with Gasteiger partial charge < -0.3 is 15.1 Å². The van der Waals surface area contributed by atoms with Crippen molar-refractivity contribution >= 4 is 11.8 Å². The maximum Gasteiger partial charge on any atom is 0.227 e. The van der Waals surface area contributed by atoms with Gasteiger partial charge in [0.2, 0.25) is 5.95 Å². The highest BCUT2D eigenvalue weighted by atomic mass is 15.3. The first kappa shape index (κ1) is 11.7. The molecular weight excluding hydrogens is 226 g/mol. The van der Waals surface area contributed by atoms with E-state index in [-0.39, 0.29) is 0 Å². The molecule has 2 fully saturated rings. The van der Waals surface area contributed by atoms with Gasteiger partial charge in [0.1, 0.15) is 5.82 Å². The Kier molecular flexibility index (Phi) is 3.59. The molecule has 0 spiro atoms. The van der Waals surface area contributed by atoms with E-state index in [9.17, 15) is 0 Å². The highest BCUT2D eigenvalue weighted by molar-refractivity contribution is 5.44. The monoisotopic (exact) mass is 247 g/mol. The zero-order valence-corrected chi connectivity index (χ0v) is 10.8. The van der Waals surface area contributed by atoms with Crippen molar-refractivity contribution in [1.82, 2.24) is 15.3 Å². The first-order valence-electron chi connectivity index (χ1n) is 6.97. The predicted octanol–water partition coefficient (Wildman–Crippen LogP) is 0.876. The lowest BCUT2D eigenvalue weighted by atomic mass is 10.4. The summed E-state index contributed by atoms with van der Waals surface area (Å²) in [5.41, 5.74) is 0. The Balaban J connectivity index is 1.76. The van der Waals surface area contributed by atoms with Gasteiger partial charge >= 0.3 is 0 Å². The number of aromatic nitrogens is 2. The van der Waals surface area contributed by atoms with E-state index < -0.39 is 0 Å². The van der Waals surface area contributed by atoms with E-state index in [2.05, 4.69) is 20.1 Å². The summed E-state index contributed by atoms with van der Waals surface area (Å²) in [6, 6.07) is 2.03. The molecule has 0 saturated carbocycles. The second-order valence-electron chi connectivity index (χ2n) is 5.00. The Bertz CT molecular complexity index is 381. The fourth-order valence-corrected chi connectivity index (χ4v) is 2.66. The van der Waals surface area contributed by atoms with E-state index in [1.165, 1.54) is 12.8 Å². The lowest BCUT2D eigenvalue weighted by Gasteiger charge is -2.22. The average molecular weight is 247 g/mol. The lowest BCUT2D eigenvalue weighted by Crippen LogP contribution is -2.30. The van der Waals surface area contributed by atoms with Crippen molar-refractivity contribution in [2.75, 3.05) is 49.1 Å². The van der Waals surface area contributed by atoms with Crippen LogP contribution in [0, 0.1) is 0 Å². The van der Waals surface area contributed by atoms with Crippen LogP contribution in [0.4, 0.5) is 11.8 Å². The van der Waals surface area contributed by atoms with Gasteiger partial charge in [-0.15, -0.1) is 0 Å². The summed E-state index contributed by atoms with van der Waals surface area (Å²) in [4.78, 5) is 13.8. The van der Waals surface area contributed by atoms with E-state index in [0.717, 1.165) is 57.5 Å². The van der Waals surface area contributed by atoms with Crippen molar-refractivity contribution < 1.29 is 0 Å². The summed E-state index contributed by atoms with van der Waals surface area (Å²) in [6.45, 7) is 6.45. The zero-order chi connectivity index (χ0) is 12.2. The number of hydrogen-bond donors (Lipinski definition) is 1. The molecule has 0 bridgehead atoms. The summed E-state index contributed by atoms with van der Waals surface area (Å²) >= 11 is 0. The van der Waals surface area contributed by atoms with Gasteiger partial charge in [-0.2, -0.15) is 4.98 Å². The van der Waals surface area contributed by atoms with Gasteiger partial charge in [-0.05, 0) is 31.9 Å². The lowest BCUT2D eigenvalue weighted by molar-refractivity contribution is 0.724. The molecule has 3 rings (SSSR count). The third-order valence-corrected chi connectivity index (χ3v) is 3.68. The van der Waals surface area contributed by atoms with E-state index in [1.54, 1.807) is 0 Å². The topological polar surface area (TPSA) is 44.3 Å². The van der Waals surface area contributed by atoms with Crippen molar-refractivity contribution in [3.05, 3.63) is 12.3 Å². The second kappa shape index (κ2) is 5.52. The molecule has 1 aromatic heterocycles. The summed E-state index contributed by atoms with van der Waals surface area (Å²) in [5.74, 6) is 1.98. The van der Waals surface area contributed by atoms with Crippen molar-refractivity contribution in [3.63, 3.8) is 0 Å². The van der Waals surface area contributed by atoms with Gasteiger partial charge in [-0.1, -0.05) is 0 Å². The van der Waals surface area contributed by atoms with Crippen LogP contribution in [0.2, 0.25) is 0 Å². The Hall–Kier alpha value is -1.36. The fraction of sp³-hybridized carbons (Fsp3) is 0.692. The van der Waals surface area contributed by atoms with Gasteiger partial charge in [-0.3, -0.25) is 0 Å². The van der Waals surface area contributed by atoms with Crippen molar-refractivity contribution in [2.24, 2.45) is 0 Å². The zero-order valence-electron chi connectivity index (χ0n) is 10.8. The van der Waals surface area contributed by atoms with Crippen LogP contribution in [0.1, 0.15) is 19.3 Å². The van der Waals surface area contributed by atoms with Crippen molar-refractivity contribution in [3.8, 4) is 0 Å². The minimum Gasteiger partial charge on any atom is -0.356 e. The van der Waals surface area contributed by atoms with Crippen molar-refractivity contribution in [1.29, 1.82) is 0 Å². The van der Waals surface area contributed by atoms with Crippen LogP contribution in [-0.2, 0) is 0 Å². The molecule has 2 aliphatic rings. The molecule has 1 N–H and O–H groups in total. The van der Waals surface area contributed by atoms with Crippen LogP contribution in [0.25, 0.3) is 0 Å². The number of hydrogen-bond acceptors (Lipinski definition) is 5. The van der Waals surface area contributed by atoms with Gasteiger partial charge in [0.25, 0.3) is 0 Å². The fourth-order valence-electron chi connectivity index (χ4n) is 2.66. The molecule has 3 heterocycles. The van der Waals surface area contributed by atoms with Crippen LogP contribution in [0.15, 0.2) is 12.3 Å². The second-order valence-corrected chi connectivity index (χ2v) is 5.00. The maximum absolute atomic E-state index is 4.73. The summed E-state index contributed by atoms with van der Waals surface area (Å²) < 4.78 is 0. The number of rotatable bonds is 2. The average Bonchev–Trinajstić information content (AvgIpc) is 2.82. The van der Waals surface area contributed by atoms with E-state index >= 15 is 0 Å². The van der Waals surface area contributed by atoms with E-state index in [0.29, 0.717) is 0 Å². The van der Waals surface area contributed by atoms with Crippen LogP contribution < -0.4 is 15.1 Å². The third kappa shape index (κ3) is 2.56. The summed E-state index contributed by atoms with van der Waals surface area (Å²) in [7, 11) is 0. The summed E-state index contributed by atoms with van der Waals surface area (Å²) in [5, 5.41) is 3.41. The largest absolute Gasteiger partial charge is 0.356 e. The van der Waals surface area contributed by atoms with E-state index in [1.807, 2.05) is 12.3 Å². The first-order valence-corrected chi connectivity index (χ1v) is 6.97. The molecule has 0 aromatic carbocycles. The van der Waals surface area contributed by atoms with Gasteiger partial charge in [0, 0.05) is 38.9 Å². The predicted molar refractivity (Wildman–Crippen MR) is 73.2 cm³/mol. The van der Waals surface area contributed by atoms with Gasteiger partial charge in [0.05, 0.1) is 0 Å². The standard InChI is InChI=1S/C13H21N5/c1-2-9-17(8-1)12-4-6-15-13(16-12)18-10-3-5-14-7-11-18/h4,6,14H,1-3,5,7-11H2. The SMILES string of the molecule is c1cc(N2CCCC2)nc(N2CCCNCC2)n1. The molecule has 0 radical (unpaired) electrons. The van der Waals surface area contributed by atoms with Crippen LogP contribution in [0.3, 0.4) is 0 Å². The van der Waals surface area contributed by atoms with Gasteiger partial charge in [0.15, 0.2) is 0 Å². The molecule has 0 unspecified atom stereocenters. The third-order valence-electron chi connectivity index (χ3n) is 3.68. The number of nitrogens with one attached hydrogen (secondary N) is 1. The molecular formula is C13H21N5. The quantitative estimate of drug-likeness (QED) is 0.840. The number of anilines is 2. The molecule has 1 aromatic rings. The first-order chi connectivity index (χ1) is 8.93. The highest BCUT2D eigenvalue weighted by Crippen LogP contribution is 2.19. The molecule has 0 aliphatic carbocycles. The Morgan fingerprint density at radius 3 is 2.67 bits per heavy atom. The molecule has 2 aliphatic heterocycles. The molecule has 5 heteroatoms. The van der Waals surface area contributed by atoms with Crippen molar-refractivity contribution in [2.45, 2.75) is 19.3 Å². The Morgan fingerprint density at radius 2 is 1.78 bits per heavy atom. The highest BCUT2D eigenvalue weighted by Gasteiger charge is 2.16. The van der Waals surface area contributed by atoms with Crippen LogP contribution in [0.5, 0.6) is 0 Å². The molecule has 98 valence electrons. The maximum atomic E-state index is 4.73. The molecule has 18 heavy (non-hydrogen) atoms. The Morgan fingerprint density at radius 1 is 0.944 bits per heavy atom.